The van der Waals surface area contributed by atoms with Gasteiger partial charge in [-0.05, 0) is 32.1 Å². The van der Waals surface area contributed by atoms with Crippen molar-refractivity contribution >= 4 is 12.0 Å². The standard InChI is InChI=1S/C15H26N2O3/c1-10(9-11-7-8-11)16-15(20)17-13-6-4-2-3-5-12(13)14(18)19/h10-13H,2-9H2,1H3,(H,18,19)(H2,16,17,20). The van der Waals surface area contributed by atoms with Crippen molar-refractivity contribution < 1.29 is 14.7 Å². The van der Waals surface area contributed by atoms with E-state index in [4.69, 9.17) is 0 Å². The van der Waals surface area contributed by atoms with Crippen molar-refractivity contribution in [2.24, 2.45) is 11.8 Å². The molecule has 2 saturated carbocycles. The number of nitrogens with one attached hydrogen (secondary N) is 2. The van der Waals surface area contributed by atoms with Crippen molar-refractivity contribution in [1.82, 2.24) is 10.6 Å². The quantitative estimate of drug-likeness (QED) is 0.678. The third-order valence-electron chi connectivity index (χ3n) is 4.41. The van der Waals surface area contributed by atoms with Gasteiger partial charge in [-0.2, -0.15) is 0 Å². The Kier molecular flexibility index (Phi) is 5.26. The minimum atomic E-state index is -0.789. The molecule has 5 heteroatoms. The van der Waals surface area contributed by atoms with Crippen LogP contribution in [0, 0.1) is 11.8 Å². The number of carbonyl (C=O) groups is 2. The summed E-state index contributed by atoms with van der Waals surface area (Å²) in [5, 5.41) is 15.1. The number of carbonyl (C=O) groups excluding carboxylic acids is 1. The second kappa shape index (κ2) is 6.95. The summed E-state index contributed by atoms with van der Waals surface area (Å²) in [7, 11) is 0. The summed E-state index contributed by atoms with van der Waals surface area (Å²) < 4.78 is 0. The van der Waals surface area contributed by atoms with Crippen LogP contribution in [-0.4, -0.2) is 29.2 Å². The lowest BCUT2D eigenvalue weighted by molar-refractivity contribution is -0.142. The second-order valence-corrected chi connectivity index (χ2v) is 6.39. The van der Waals surface area contributed by atoms with Gasteiger partial charge in [0.05, 0.1) is 5.92 Å². The van der Waals surface area contributed by atoms with Gasteiger partial charge in [0.1, 0.15) is 0 Å². The van der Waals surface area contributed by atoms with Crippen molar-refractivity contribution in [3.8, 4) is 0 Å². The molecule has 0 heterocycles. The maximum absolute atomic E-state index is 12.0. The first-order chi connectivity index (χ1) is 9.56. The molecule has 0 radical (unpaired) electrons. The fourth-order valence-corrected chi connectivity index (χ4v) is 3.12. The molecule has 3 unspecified atom stereocenters. The van der Waals surface area contributed by atoms with Crippen LogP contribution in [0.25, 0.3) is 0 Å². The first-order valence-electron chi connectivity index (χ1n) is 7.86. The highest BCUT2D eigenvalue weighted by Gasteiger charge is 2.31. The number of urea groups is 1. The van der Waals surface area contributed by atoms with Gasteiger partial charge in [-0.25, -0.2) is 4.79 Å². The van der Waals surface area contributed by atoms with E-state index in [1.807, 2.05) is 6.92 Å². The number of hydrogen-bond donors (Lipinski definition) is 3. The maximum atomic E-state index is 12.0. The number of carboxylic acid groups (broad SMARTS) is 1. The van der Waals surface area contributed by atoms with Crippen LogP contribution >= 0.6 is 0 Å². The van der Waals surface area contributed by atoms with Gasteiger partial charge in [0.2, 0.25) is 0 Å². The van der Waals surface area contributed by atoms with E-state index in [1.165, 1.54) is 12.8 Å². The van der Waals surface area contributed by atoms with E-state index in [9.17, 15) is 14.7 Å². The number of rotatable bonds is 5. The first-order valence-corrected chi connectivity index (χ1v) is 7.86. The predicted octanol–water partition coefficient (Wildman–Crippen LogP) is 2.51. The molecule has 0 spiro atoms. The van der Waals surface area contributed by atoms with E-state index in [2.05, 4.69) is 10.6 Å². The summed E-state index contributed by atoms with van der Waals surface area (Å²) in [6.45, 7) is 2.01. The molecule has 3 N–H and O–H groups in total. The highest BCUT2D eigenvalue weighted by Crippen LogP contribution is 2.33. The van der Waals surface area contributed by atoms with Crippen LogP contribution in [0.15, 0.2) is 0 Å². The first kappa shape index (κ1) is 15.1. The van der Waals surface area contributed by atoms with Gasteiger partial charge < -0.3 is 15.7 Å². The summed E-state index contributed by atoms with van der Waals surface area (Å²) in [6.07, 6.45) is 8.00. The molecule has 2 rings (SSSR count). The molecule has 0 aromatic carbocycles. The normalized spacial score (nSPS) is 28.2. The number of aliphatic carboxylic acids is 1. The molecule has 2 aliphatic carbocycles. The van der Waals surface area contributed by atoms with Gasteiger partial charge in [-0.3, -0.25) is 4.79 Å². The fraction of sp³-hybridized carbons (Fsp3) is 0.867. The van der Waals surface area contributed by atoms with Crippen LogP contribution in [-0.2, 0) is 4.79 Å². The lowest BCUT2D eigenvalue weighted by atomic mass is 9.95. The zero-order valence-corrected chi connectivity index (χ0v) is 12.2. The lowest BCUT2D eigenvalue weighted by Crippen LogP contribution is -2.49. The van der Waals surface area contributed by atoms with Gasteiger partial charge in [0, 0.05) is 12.1 Å². The average molecular weight is 282 g/mol. The third-order valence-corrected chi connectivity index (χ3v) is 4.41. The van der Waals surface area contributed by atoms with Gasteiger partial charge >= 0.3 is 12.0 Å². The molecule has 3 atom stereocenters. The Morgan fingerprint density at radius 1 is 1.15 bits per heavy atom. The highest BCUT2D eigenvalue weighted by atomic mass is 16.4. The second-order valence-electron chi connectivity index (χ2n) is 6.39. The van der Waals surface area contributed by atoms with Gasteiger partial charge in [0.15, 0.2) is 0 Å². The molecule has 0 aromatic rings. The van der Waals surface area contributed by atoms with E-state index < -0.39 is 11.9 Å². The molecule has 0 aliphatic heterocycles. The fourth-order valence-electron chi connectivity index (χ4n) is 3.12. The van der Waals surface area contributed by atoms with E-state index in [-0.39, 0.29) is 18.1 Å². The van der Waals surface area contributed by atoms with Crippen LogP contribution < -0.4 is 10.6 Å². The van der Waals surface area contributed by atoms with Gasteiger partial charge in [-0.1, -0.05) is 32.1 Å². The minimum Gasteiger partial charge on any atom is -0.481 e. The molecule has 114 valence electrons. The average Bonchev–Trinajstić information content (AvgIpc) is 3.15. The Hall–Kier alpha value is -1.26. The molecular weight excluding hydrogens is 256 g/mol. The van der Waals surface area contributed by atoms with Crippen molar-refractivity contribution in [2.45, 2.75) is 70.4 Å². The molecule has 0 bridgehead atoms. The SMILES string of the molecule is CC(CC1CC1)NC(=O)NC1CCCCCC1C(=O)O. The lowest BCUT2D eigenvalue weighted by Gasteiger charge is -2.24. The summed E-state index contributed by atoms with van der Waals surface area (Å²) >= 11 is 0. The Balaban J connectivity index is 1.81. The summed E-state index contributed by atoms with van der Waals surface area (Å²) in [6, 6.07) is -0.281. The van der Waals surface area contributed by atoms with Crippen molar-refractivity contribution in [2.75, 3.05) is 0 Å². The van der Waals surface area contributed by atoms with Crippen LogP contribution in [0.2, 0.25) is 0 Å². The molecule has 5 nitrogen and oxygen atoms in total. The molecular formula is C15H26N2O3. The van der Waals surface area contributed by atoms with E-state index >= 15 is 0 Å². The number of hydrogen-bond acceptors (Lipinski definition) is 2. The Morgan fingerprint density at radius 3 is 2.50 bits per heavy atom. The van der Waals surface area contributed by atoms with Gasteiger partial charge in [0.25, 0.3) is 0 Å². The molecule has 20 heavy (non-hydrogen) atoms. The van der Waals surface area contributed by atoms with Crippen LogP contribution in [0.5, 0.6) is 0 Å². The van der Waals surface area contributed by atoms with Crippen molar-refractivity contribution in [1.29, 1.82) is 0 Å². The third kappa shape index (κ3) is 4.69. The summed E-state index contributed by atoms with van der Waals surface area (Å²) in [5.41, 5.74) is 0. The van der Waals surface area contributed by atoms with Crippen LogP contribution in [0.1, 0.15) is 58.3 Å². The Bertz CT molecular complexity index is 355. The molecule has 0 aromatic heterocycles. The monoisotopic (exact) mass is 282 g/mol. The van der Waals surface area contributed by atoms with Crippen LogP contribution in [0.3, 0.4) is 0 Å². The number of carboxylic acids is 1. The molecule has 2 fully saturated rings. The largest absolute Gasteiger partial charge is 0.481 e. The van der Waals surface area contributed by atoms with E-state index in [1.54, 1.807) is 0 Å². The van der Waals surface area contributed by atoms with Crippen molar-refractivity contribution in [3.63, 3.8) is 0 Å². The molecule has 0 saturated heterocycles. The smallest absolute Gasteiger partial charge is 0.315 e. The summed E-state index contributed by atoms with van der Waals surface area (Å²) in [5.74, 6) is -0.458. The van der Waals surface area contributed by atoms with Gasteiger partial charge in [-0.15, -0.1) is 0 Å². The number of amides is 2. The van der Waals surface area contributed by atoms with E-state index in [0.29, 0.717) is 6.42 Å². The maximum Gasteiger partial charge on any atom is 0.315 e. The van der Waals surface area contributed by atoms with Crippen molar-refractivity contribution in [3.05, 3.63) is 0 Å². The molecule has 2 amide bonds. The zero-order chi connectivity index (χ0) is 14.5. The van der Waals surface area contributed by atoms with E-state index in [0.717, 1.165) is 38.0 Å². The minimum absolute atomic E-state index is 0.163. The molecule has 2 aliphatic rings. The predicted molar refractivity (Wildman–Crippen MR) is 76.5 cm³/mol. The topological polar surface area (TPSA) is 78.4 Å². The Morgan fingerprint density at radius 2 is 1.85 bits per heavy atom. The summed E-state index contributed by atoms with van der Waals surface area (Å²) in [4.78, 5) is 23.3. The highest BCUT2D eigenvalue weighted by molar-refractivity contribution is 5.77. The zero-order valence-electron chi connectivity index (χ0n) is 12.2. The Labute approximate surface area is 120 Å². The van der Waals surface area contributed by atoms with Crippen LogP contribution in [0.4, 0.5) is 4.79 Å².